The largest absolute Gasteiger partial charge is 0.480 e. The van der Waals surface area contributed by atoms with Crippen molar-refractivity contribution in [1.29, 1.82) is 0 Å². The summed E-state index contributed by atoms with van der Waals surface area (Å²) < 4.78 is 25.4. The fourth-order valence-corrected chi connectivity index (χ4v) is 4.97. The Bertz CT molecular complexity index is 1330. The number of fused-ring (bicyclic) bond motifs is 2. The number of nitrogens with one attached hydrogen (secondary N) is 1. The SMILES string of the molecule is CCNC(=O)c1cc(-c2cc(C)c3c(n2)C2(CCOC2)N(c2cnn(CCF)c2)C3=O)cnc1OC. The minimum atomic E-state index is -0.806. The van der Waals surface area contributed by atoms with Gasteiger partial charge in [0.15, 0.2) is 0 Å². The molecule has 0 saturated carbocycles. The number of aromatic nitrogens is 4. The van der Waals surface area contributed by atoms with E-state index in [2.05, 4.69) is 15.4 Å². The lowest BCUT2D eigenvalue weighted by Crippen LogP contribution is -2.45. The van der Waals surface area contributed by atoms with E-state index in [1.807, 2.05) is 19.9 Å². The molecule has 3 aromatic heterocycles. The number of anilines is 1. The molecule has 1 N–H and O–H groups in total. The van der Waals surface area contributed by atoms with Crippen LogP contribution < -0.4 is 15.0 Å². The second kappa shape index (κ2) is 9.30. The normalized spacial score (nSPS) is 18.7. The second-order valence-corrected chi connectivity index (χ2v) is 8.81. The van der Waals surface area contributed by atoms with Crippen molar-refractivity contribution in [2.45, 2.75) is 32.4 Å². The highest BCUT2D eigenvalue weighted by Gasteiger charge is 2.55. The van der Waals surface area contributed by atoms with Crippen LogP contribution in [0, 0.1) is 6.92 Å². The van der Waals surface area contributed by atoms with Gasteiger partial charge in [-0.1, -0.05) is 0 Å². The van der Waals surface area contributed by atoms with Crippen LogP contribution in [0.1, 0.15) is 45.3 Å². The van der Waals surface area contributed by atoms with Crippen molar-refractivity contribution in [2.75, 3.05) is 38.4 Å². The van der Waals surface area contributed by atoms with Gasteiger partial charge < -0.3 is 14.8 Å². The fourth-order valence-electron chi connectivity index (χ4n) is 4.97. The van der Waals surface area contributed by atoms with Gasteiger partial charge in [0.05, 0.1) is 49.1 Å². The van der Waals surface area contributed by atoms with Gasteiger partial charge in [0, 0.05) is 37.5 Å². The van der Waals surface area contributed by atoms with E-state index in [0.717, 1.165) is 5.56 Å². The van der Waals surface area contributed by atoms with E-state index in [4.69, 9.17) is 14.5 Å². The molecule has 5 heterocycles. The van der Waals surface area contributed by atoms with Gasteiger partial charge in [-0.25, -0.2) is 14.4 Å². The molecule has 1 fully saturated rings. The van der Waals surface area contributed by atoms with Gasteiger partial charge in [0.1, 0.15) is 17.8 Å². The summed E-state index contributed by atoms with van der Waals surface area (Å²) in [5.41, 5.74) is 3.16. The zero-order valence-electron chi connectivity index (χ0n) is 20.4. The first-order chi connectivity index (χ1) is 17.4. The van der Waals surface area contributed by atoms with E-state index >= 15 is 0 Å². The summed E-state index contributed by atoms with van der Waals surface area (Å²) in [4.78, 5) is 37.3. The number of rotatable bonds is 7. The molecule has 36 heavy (non-hydrogen) atoms. The smallest absolute Gasteiger partial charge is 0.261 e. The van der Waals surface area contributed by atoms with Crippen LogP contribution in [0.2, 0.25) is 0 Å². The number of methoxy groups -OCH3 is 1. The number of hydrogen-bond acceptors (Lipinski definition) is 7. The molecule has 2 amide bonds. The van der Waals surface area contributed by atoms with Crippen molar-refractivity contribution in [3.63, 3.8) is 0 Å². The molecule has 3 aromatic rings. The van der Waals surface area contributed by atoms with Gasteiger partial charge in [-0.05, 0) is 31.5 Å². The van der Waals surface area contributed by atoms with Crippen molar-refractivity contribution in [3.05, 3.63) is 53.1 Å². The molecule has 1 atom stereocenters. The maximum atomic E-state index is 13.7. The molecule has 1 unspecified atom stereocenters. The molecule has 11 heteroatoms. The molecule has 2 aliphatic rings. The van der Waals surface area contributed by atoms with Gasteiger partial charge in [-0.3, -0.25) is 19.2 Å². The number of nitrogens with zero attached hydrogens (tertiary/aromatic N) is 5. The summed E-state index contributed by atoms with van der Waals surface area (Å²) in [5, 5.41) is 6.98. The Hall–Kier alpha value is -3.86. The van der Waals surface area contributed by atoms with Crippen LogP contribution in [0.25, 0.3) is 11.3 Å². The van der Waals surface area contributed by atoms with Crippen molar-refractivity contribution in [1.82, 2.24) is 25.1 Å². The number of halogens is 1. The van der Waals surface area contributed by atoms with Crippen LogP contribution in [0.5, 0.6) is 5.88 Å². The Labute approximate surface area is 207 Å². The van der Waals surface area contributed by atoms with E-state index < -0.39 is 12.2 Å². The van der Waals surface area contributed by atoms with E-state index in [-0.39, 0.29) is 30.8 Å². The van der Waals surface area contributed by atoms with E-state index in [1.165, 1.54) is 11.8 Å². The molecule has 5 rings (SSSR count). The standard InChI is InChI=1S/C25H27FN6O4/c1-4-27-22(33)18-10-16(11-28-23(18)35-3)19-9-15(2)20-21(30-19)25(5-8-36-14-25)32(24(20)34)17-12-29-31(13-17)7-6-26/h9-13H,4-8,14H2,1-3H3,(H,27,33). The highest BCUT2D eigenvalue weighted by molar-refractivity contribution is 6.12. The molecule has 0 radical (unpaired) electrons. The predicted molar refractivity (Wildman–Crippen MR) is 129 cm³/mol. The second-order valence-electron chi connectivity index (χ2n) is 8.81. The molecule has 2 aliphatic heterocycles. The quantitative estimate of drug-likeness (QED) is 0.538. The number of ether oxygens (including phenoxy) is 2. The number of carbonyl (C=O) groups is 2. The van der Waals surface area contributed by atoms with Crippen molar-refractivity contribution < 1.29 is 23.5 Å². The third-order valence-corrected chi connectivity index (χ3v) is 6.62. The average Bonchev–Trinajstić information content (AvgIpc) is 3.59. The molecule has 188 valence electrons. The maximum Gasteiger partial charge on any atom is 0.261 e. The first-order valence-corrected chi connectivity index (χ1v) is 11.8. The minimum Gasteiger partial charge on any atom is -0.480 e. The monoisotopic (exact) mass is 494 g/mol. The predicted octanol–water partition coefficient (Wildman–Crippen LogP) is 2.65. The van der Waals surface area contributed by atoms with Gasteiger partial charge in [-0.2, -0.15) is 5.10 Å². The average molecular weight is 495 g/mol. The fraction of sp³-hybridized carbons (Fsp3) is 0.400. The summed E-state index contributed by atoms with van der Waals surface area (Å²) in [5.74, 6) is -0.272. The van der Waals surface area contributed by atoms with Crippen molar-refractivity contribution in [2.24, 2.45) is 0 Å². The van der Waals surface area contributed by atoms with E-state index in [0.29, 0.717) is 53.3 Å². The first kappa shape index (κ1) is 23.9. The van der Waals surface area contributed by atoms with Crippen LogP contribution >= 0.6 is 0 Å². The van der Waals surface area contributed by atoms with Gasteiger partial charge in [0.25, 0.3) is 11.8 Å². The number of alkyl halides is 1. The molecule has 10 nitrogen and oxygen atoms in total. The van der Waals surface area contributed by atoms with E-state index in [1.54, 1.807) is 29.6 Å². The Kier molecular flexibility index (Phi) is 6.17. The molecular weight excluding hydrogens is 467 g/mol. The number of pyridine rings is 2. The van der Waals surface area contributed by atoms with Crippen molar-refractivity contribution in [3.8, 4) is 17.1 Å². The third kappa shape index (κ3) is 3.70. The number of aryl methyl sites for hydroxylation is 2. The highest BCUT2D eigenvalue weighted by Crippen LogP contribution is 2.47. The van der Waals surface area contributed by atoms with Crippen LogP contribution in [0.3, 0.4) is 0 Å². The Morgan fingerprint density at radius 1 is 1.33 bits per heavy atom. The Morgan fingerprint density at radius 3 is 2.86 bits per heavy atom. The lowest BCUT2D eigenvalue weighted by atomic mass is 9.91. The summed E-state index contributed by atoms with van der Waals surface area (Å²) in [6.07, 6.45) is 5.40. The zero-order chi connectivity index (χ0) is 25.4. The Morgan fingerprint density at radius 2 is 2.17 bits per heavy atom. The maximum absolute atomic E-state index is 13.7. The molecular formula is C25H27FN6O4. The van der Waals surface area contributed by atoms with Crippen LogP contribution in [-0.2, 0) is 16.8 Å². The summed E-state index contributed by atoms with van der Waals surface area (Å²) in [7, 11) is 1.46. The minimum absolute atomic E-state index is 0.109. The molecule has 0 aliphatic carbocycles. The molecule has 1 saturated heterocycles. The first-order valence-electron chi connectivity index (χ1n) is 11.8. The summed E-state index contributed by atoms with van der Waals surface area (Å²) >= 11 is 0. The zero-order valence-corrected chi connectivity index (χ0v) is 20.4. The molecule has 0 aromatic carbocycles. The summed E-state index contributed by atoms with van der Waals surface area (Å²) in [6.45, 7) is 4.47. The lowest BCUT2D eigenvalue weighted by Gasteiger charge is -2.32. The Balaban J connectivity index is 1.63. The highest BCUT2D eigenvalue weighted by atomic mass is 19.1. The summed E-state index contributed by atoms with van der Waals surface area (Å²) in [6, 6.07) is 3.51. The molecule has 1 spiro atoms. The topological polar surface area (TPSA) is 111 Å². The van der Waals surface area contributed by atoms with Gasteiger partial charge >= 0.3 is 0 Å². The third-order valence-electron chi connectivity index (χ3n) is 6.62. The van der Waals surface area contributed by atoms with E-state index in [9.17, 15) is 14.0 Å². The molecule has 0 bridgehead atoms. The van der Waals surface area contributed by atoms with Crippen LogP contribution in [0.4, 0.5) is 10.1 Å². The number of amides is 2. The van der Waals surface area contributed by atoms with Crippen molar-refractivity contribution >= 4 is 17.5 Å². The van der Waals surface area contributed by atoms with Gasteiger partial charge in [0.2, 0.25) is 5.88 Å². The number of hydrogen-bond donors (Lipinski definition) is 1. The lowest BCUT2D eigenvalue weighted by molar-refractivity contribution is 0.0948. The number of carbonyl (C=O) groups excluding carboxylic acids is 2. The van der Waals surface area contributed by atoms with Crippen LogP contribution in [0.15, 0.2) is 30.7 Å². The van der Waals surface area contributed by atoms with Gasteiger partial charge in [-0.15, -0.1) is 0 Å². The van der Waals surface area contributed by atoms with Crippen LogP contribution in [-0.4, -0.2) is 65.1 Å².